The number of carbonyl (C=O) groups is 4. The molecule has 0 saturated carbocycles. The lowest BCUT2D eigenvalue weighted by Gasteiger charge is -2.07. The SMILES string of the molecule is O=C1OC(=O)C2=C1CCCC2.O=C1OC(=O)c2ccccc21. The van der Waals surface area contributed by atoms with E-state index in [4.69, 9.17) is 0 Å². The molecule has 3 aliphatic rings. The van der Waals surface area contributed by atoms with Crippen molar-refractivity contribution in [1.82, 2.24) is 0 Å². The number of esters is 4. The molecule has 0 aromatic heterocycles. The lowest BCUT2D eigenvalue weighted by Crippen LogP contribution is -2.01. The Hall–Kier alpha value is -2.76. The van der Waals surface area contributed by atoms with Crippen LogP contribution in [0.15, 0.2) is 35.4 Å². The first-order valence-electron chi connectivity index (χ1n) is 6.92. The molecule has 0 fully saturated rings. The minimum absolute atomic E-state index is 0.359. The summed E-state index contributed by atoms with van der Waals surface area (Å²) in [6.45, 7) is 0. The summed E-state index contributed by atoms with van der Waals surface area (Å²) in [6, 6.07) is 6.53. The summed E-state index contributed by atoms with van der Waals surface area (Å²) in [6.07, 6.45) is 3.45. The normalized spacial score (nSPS) is 19.1. The van der Waals surface area contributed by atoms with E-state index in [2.05, 4.69) is 9.47 Å². The Labute approximate surface area is 125 Å². The molecule has 0 unspecified atom stereocenters. The fourth-order valence-electron chi connectivity index (χ4n) is 2.60. The van der Waals surface area contributed by atoms with Crippen molar-refractivity contribution in [3.63, 3.8) is 0 Å². The molecule has 0 amide bonds. The van der Waals surface area contributed by atoms with E-state index in [-0.39, 0.29) is 0 Å². The van der Waals surface area contributed by atoms with Gasteiger partial charge in [-0.15, -0.1) is 0 Å². The highest BCUT2D eigenvalue weighted by molar-refractivity contribution is 6.14. The predicted octanol–water partition coefficient (Wildman–Crippen LogP) is 1.94. The third-order valence-corrected chi connectivity index (χ3v) is 3.70. The van der Waals surface area contributed by atoms with E-state index in [1.54, 1.807) is 24.3 Å². The molecule has 2 aliphatic heterocycles. The summed E-state index contributed by atoms with van der Waals surface area (Å²) in [5, 5.41) is 0. The van der Waals surface area contributed by atoms with Crippen LogP contribution in [0.1, 0.15) is 46.4 Å². The summed E-state index contributed by atoms with van der Waals surface area (Å²) < 4.78 is 8.81. The molecule has 0 spiro atoms. The third-order valence-electron chi connectivity index (χ3n) is 3.70. The Morgan fingerprint density at radius 2 is 1.05 bits per heavy atom. The smallest absolute Gasteiger partial charge is 0.346 e. The van der Waals surface area contributed by atoms with Crippen molar-refractivity contribution in [3.05, 3.63) is 46.5 Å². The zero-order valence-corrected chi connectivity index (χ0v) is 11.6. The van der Waals surface area contributed by atoms with Gasteiger partial charge in [0.05, 0.1) is 11.1 Å². The van der Waals surface area contributed by atoms with Crippen LogP contribution in [0.5, 0.6) is 0 Å². The molecular formula is C16H12O6. The summed E-state index contributed by atoms with van der Waals surface area (Å²) in [4.78, 5) is 43.5. The Bertz CT molecular complexity index is 669. The molecule has 6 nitrogen and oxygen atoms in total. The number of fused-ring (bicyclic) bond motifs is 1. The molecular weight excluding hydrogens is 288 g/mol. The van der Waals surface area contributed by atoms with Gasteiger partial charge in [0, 0.05) is 11.1 Å². The van der Waals surface area contributed by atoms with Crippen LogP contribution < -0.4 is 0 Å². The lowest BCUT2D eigenvalue weighted by molar-refractivity contribution is -0.151. The Kier molecular flexibility index (Phi) is 3.58. The van der Waals surface area contributed by atoms with Crippen LogP contribution >= 0.6 is 0 Å². The van der Waals surface area contributed by atoms with Crippen molar-refractivity contribution in [1.29, 1.82) is 0 Å². The van der Waals surface area contributed by atoms with Crippen LogP contribution in [0.3, 0.4) is 0 Å². The van der Waals surface area contributed by atoms with Crippen molar-refractivity contribution < 1.29 is 28.7 Å². The van der Waals surface area contributed by atoms with E-state index < -0.39 is 23.9 Å². The molecule has 0 radical (unpaired) electrons. The van der Waals surface area contributed by atoms with Gasteiger partial charge < -0.3 is 9.47 Å². The molecule has 112 valence electrons. The quantitative estimate of drug-likeness (QED) is 0.537. The molecule has 0 atom stereocenters. The average molecular weight is 300 g/mol. The van der Waals surface area contributed by atoms with Crippen LogP contribution in [0.2, 0.25) is 0 Å². The average Bonchev–Trinajstić information content (AvgIpc) is 2.99. The Morgan fingerprint density at radius 3 is 1.50 bits per heavy atom. The van der Waals surface area contributed by atoms with Gasteiger partial charge in [0.25, 0.3) is 0 Å². The molecule has 0 saturated heterocycles. The maximum absolute atomic E-state index is 10.9. The van der Waals surface area contributed by atoms with Crippen molar-refractivity contribution in [2.45, 2.75) is 25.7 Å². The molecule has 6 heteroatoms. The van der Waals surface area contributed by atoms with Gasteiger partial charge in [0.1, 0.15) is 0 Å². The molecule has 1 aromatic rings. The zero-order chi connectivity index (χ0) is 15.7. The monoisotopic (exact) mass is 300 g/mol. The van der Waals surface area contributed by atoms with E-state index in [9.17, 15) is 19.2 Å². The fourth-order valence-corrected chi connectivity index (χ4v) is 2.60. The molecule has 22 heavy (non-hydrogen) atoms. The maximum atomic E-state index is 10.9. The van der Waals surface area contributed by atoms with Gasteiger partial charge in [-0.2, -0.15) is 0 Å². The van der Waals surface area contributed by atoms with E-state index in [1.165, 1.54) is 0 Å². The molecule has 2 heterocycles. The van der Waals surface area contributed by atoms with Crippen molar-refractivity contribution in [3.8, 4) is 0 Å². The van der Waals surface area contributed by atoms with Gasteiger partial charge in [-0.05, 0) is 37.8 Å². The van der Waals surface area contributed by atoms with Crippen LogP contribution in [-0.4, -0.2) is 23.9 Å². The van der Waals surface area contributed by atoms with Crippen LogP contribution in [0.4, 0.5) is 0 Å². The zero-order valence-electron chi connectivity index (χ0n) is 11.6. The number of rotatable bonds is 0. The second kappa shape index (κ2) is 5.55. The minimum Gasteiger partial charge on any atom is -0.386 e. The predicted molar refractivity (Wildman–Crippen MR) is 72.8 cm³/mol. The van der Waals surface area contributed by atoms with E-state index in [1.807, 2.05) is 0 Å². The van der Waals surface area contributed by atoms with Crippen LogP contribution in [-0.2, 0) is 19.1 Å². The van der Waals surface area contributed by atoms with Gasteiger partial charge in [-0.3, -0.25) is 0 Å². The second-order valence-corrected chi connectivity index (χ2v) is 5.06. The molecule has 0 N–H and O–H groups in total. The number of benzene rings is 1. The number of cyclic esters (lactones) is 4. The lowest BCUT2D eigenvalue weighted by atomic mass is 9.93. The van der Waals surface area contributed by atoms with Gasteiger partial charge >= 0.3 is 23.9 Å². The third kappa shape index (κ3) is 2.43. The first kappa shape index (κ1) is 14.2. The van der Waals surface area contributed by atoms with E-state index in [0.717, 1.165) is 25.7 Å². The molecule has 1 aromatic carbocycles. The largest absolute Gasteiger partial charge is 0.386 e. The Morgan fingerprint density at radius 1 is 0.636 bits per heavy atom. The van der Waals surface area contributed by atoms with Gasteiger partial charge in [0.15, 0.2) is 0 Å². The van der Waals surface area contributed by atoms with Crippen LogP contribution in [0, 0.1) is 0 Å². The standard InChI is InChI=1S/C8H8O3.C8H4O3/c2*9-7-5-3-1-2-4-6(5)8(10)11-7/h1-4H2;1-4H. The topological polar surface area (TPSA) is 86.7 Å². The van der Waals surface area contributed by atoms with Crippen molar-refractivity contribution in [2.75, 3.05) is 0 Å². The molecule has 0 bridgehead atoms. The van der Waals surface area contributed by atoms with Crippen LogP contribution in [0.25, 0.3) is 0 Å². The Balaban J connectivity index is 0.000000131. The van der Waals surface area contributed by atoms with Crippen molar-refractivity contribution >= 4 is 23.9 Å². The highest BCUT2D eigenvalue weighted by Gasteiger charge is 2.33. The molecule has 1 aliphatic carbocycles. The number of hydrogen-bond acceptors (Lipinski definition) is 6. The van der Waals surface area contributed by atoms with E-state index >= 15 is 0 Å². The minimum atomic E-state index is -0.550. The highest BCUT2D eigenvalue weighted by atomic mass is 16.6. The van der Waals surface area contributed by atoms with Crippen molar-refractivity contribution in [2.24, 2.45) is 0 Å². The number of hydrogen-bond donors (Lipinski definition) is 0. The number of ether oxygens (including phenoxy) is 2. The van der Waals surface area contributed by atoms with Gasteiger partial charge in [-0.25, -0.2) is 19.2 Å². The maximum Gasteiger partial charge on any atom is 0.346 e. The molecule has 4 rings (SSSR count). The second-order valence-electron chi connectivity index (χ2n) is 5.06. The summed E-state index contributed by atoms with van der Waals surface area (Å²) in [7, 11) is 0. The van der Waals surface area contributed by atoms with Gasteiger partial charge in [0.2, 0.25) is 0 Å². The first-order chi connectivity index (χ1) is 10.6. The highest BCUT2D eigenvalue weighted by Crippen LogP contribution is 2.30. The van der Waals surface area contributed by atoms with E-state index in [0.29, 0.717) is 22.3 Å². The fraction of sp³-hybridized carbons (Fsp3) is 0.250. The number of carbonyl (C=O) groups excluding carboxylic acids is 4. The summed E-state index contributed by atoms with van der Waals surface area (Å²) in [5.74, 6) is -1.93. The first-order valence-corrected chi connectivity index (χ1v) is 6.92. The summed E-state index contributed by atoms with van der Waals surface area (Å²) in [5.41, 5.74) is 1.97. The van der Waals surface area contributed by atoms with Gasteiger partial charge in [-0.1, -0.05) is 12.1 Å². The summed E-state index contributed by atoms with van der Waals surface area (Å²) >= 11 is 0.